The number of hydrogen-bond donors (Lipinski definition) is 2. The van der Waals surface area contributed by atoms with Crippen LogP contribution >= 0.6 is 0 Å². The number of allylic oxidation sites excluding steroid dienone is 2. The lowest BCUT2D eigenvalue weighted by Gasteiger charge is -2.39. The van der Waals surface area contributed by atoms with Gasteiger partial charge in [-0.3, -0.25) is 0 Å². The minimum absolute atomic E-state index is 0.0147. The summed E-state index contributed by atoms with van der Waals surface area (Å²) in [6.07, 6.45) is 4.90. The minimum atomic E-state index is -1.61. The fraction of sp³-hybridized carbons (Fsp3) is 0.316. The first-order valence-corrected chi connectivity index (χ1v) is 8.00. The zero-order valence-electron chi connectivity index (χ0n) is 14.1. The van der Waals surface area contributed by atoms with Gasteiger partial charge in [-0.2, -0.15) is 0 Å². The maximum Gasteiger partial charge on any atom is 0.319 e. The third-order valence-corrected chi connectivity index (χ3v) is 3.92. The first kappa shape index (κ1) is 18.7. The summed E-state index contributed by atoms with van der Waals surface area (Å²) in [6.45, 7) is 3.45. The standard InChI is InChI=1S/C19H22F2N2O2/c1-3-8-15-16(11-19(12-20,13-21)25-17(15)4-2)23-18(24)22-14-9-6-5-7-10-14/h3-10,16H,2,11-13H2,1H3,(H2,22,23,24)/b8-3-. The van der Waals surface area contributed by atoms with Crippen molar-refractivity contribution in [2.45, 2.75) is 25.0 Å². The normalized spacial score (nSPS) is 19.4. The number of rotatable bonds is 6. The third kappa shape index (κ3) is 4.47. The van der Waals surface area contributed by atoms with Crippen LogP contribution in [0.5, 0.6) is 0 Å². The van der Waals surface area contributed by atoms with Gasteiger partial charge < -0.3 is 15.4 Å². The van der Waals surface area contributed by atoms with Gasteiger partial charge in [0.25, 0.3) is 0 Å². The van der Waals surface area contributed by atoms with Gasteiger partial charge >= 0.3 is 6.03 Å². The highest BCUT2D eigenvalue weighted by Gasteiger charge is 2.42. The molecule has 0 spiro atoms. The van der Waals surface area contributed by atoms with Crippen molar-refractivity contribution in [1.82, 2.24) is 5.32 Å². The Morgan fingerprint density at radius 2 is 2.04 bits per heavy atom. The van der Waals surface area contributed by atoms with Crippen LogP contribution in [0.1, 0.15) is 13.3 Å². The molecular formula is C19H22F2N2O2. The van der Waals surface area contributed by atoms with Crippen LogP contribution in [0.25, 0.3) is 0 Å². The Balaban J connectivity index is 2.24. The molecule has 1 heterocycles. The van der Waals surface area contributed by atoms with E-state index in [4.69, 9.17) is 4.74 Å². The molecule has 6 heteroatoms. The number of carbonyl (C=O) groups is 1. The summed E-state index contributed by atoms with van der Waals surface area (Å²) in [5, 5.41) is 5.47. The molecule has 4 nitrogen and oxygen atoms in total. The molecule has 25 heavy (non-hydrogen) atoms. The summed E-state index contributed by atoms with van der Waals surface area (Å²) in [6, 6.07) is 7.85. The van der Waals surface area contributed by atoms with Crippen molar-refractivity contribution < 1.29 is 18.3 Å². The number of alkyl halides is 2. The highest BCUT2D eigenvalue weighted by Crippen LogP contribution is 2.34. The summed E-state index contributed by atoms with van der Waals surface area (Å²) < 4.78 is 32.4. The Bertz CT molecular complexity index is 667. The molecule has 0 aromatic heterocycles. The number of benzene rings is 1. The molecule has 2 amide bonds. The number of anilines is 1. The Labute approximate surface area is 146 Å². The van der Waals surface area contributed by atoms with Gasteiger partial charge in [0.2, 0.25) is 0 Å². The minimum Gasteiger partial charge on any atom is -0.481 e. The van der Waals surface area contributed by atoms with Crippen LogP contribution in [0.3, 0.4) is 0 Å². The lowest BCUT2D eigenvalue weighted by Crippen LogP contribution is -2.51. The predicted octanol–water partition coefficient (Wildman–Crippen LogP) is 4.29. The Hall–Kier alpha value is -2.63. The maximum atomic E-state index is 13.4. The average molecular weight is 348 g/mol. The SMILES string of the molecule is C=CC1=C(/C=C\C)C(NC(=O)Nc2ccccc2)CC(CF)(CF)O1. The quantitative estimate of drug-likeness (QED) is 0.806. The summed E-state index contributed by atoms with van der Waals surface area (Å²) in [5.74, 6) is 0.268. The van der Waals surface area contributed by atoms with Gasteiger partial charge in [0.15, 0.2) is 5.60 Å². The molecule has 0 saturated carbocycles. The summed E-state index contributed by atoms with van der Waals surface area (Å²) >= 11 is 0. The Morgan fingerprint density at radius 1 is 1.36 bits per heavy atom. The Morgan fingerprint density at radius 3 is 2.60 bits per heavy atom. The molecule has 0 fully saturated rings. The number of ether oxygens (including phenoxy) is 1. The van der Waals surface area contributed by atoms with Crippen LogP contribution in [0.2, 0.25) is 0 Å². The molecule has 1 aromatic carbocycles. The molecule has 1 atom stereocenters. The number of urea groups is 1. The molecule has 0 bridgehead atoms. The van der Waals surface area contributed by atoms with E-state index in [1.807, 2.05) is 6.07 Å². The van der Waals surface area contributed by atoms with E-state index in [9.17, 15) is 13.6 Å². The van der Waals surface area contributed by atoms with Crippen molar-refractivity contribution in [3.8, 4) is 0 Å². The number of amides is 2. The molecule has 0 radical (unpaired) electrons. The summed E-state index contributed by atoms with van der Waals surface area (Å²) in [4.78, 5) is 12.3. The second kappa shape index (κ2) is 8.46. The molecule has 0 aliphatic carbocycles. The second-order valence-corrected chi connectivity index (χ2v) is 5.80. The molecule has 1 aliphatic rings. The van der Waals surface area contributed by atoms with Crippen LogP contribution in [-0.2, 0) is 4.74 Å². The maximum absolute atomic E-state index is 13.4. The highest BCUT2D eigenvalue weighted by molar-refractivity contribution is 5.89. The van der Waals surface area contributed by atoms with Crippen LogP contribution in [0, 0.1) is 0 Å². The molecule has 1 aromatic rings. The molecule has 0 saturated heterocycles. The van der Waals surface area contributed by atoms with Crippen molar-refractivity contribution in [2.75, 3.05) is 18.7 Å². The van der Waals surface area contributed by atoms with Crippen LogP contribution in [0.15, 0.2) is 66.5 Å². The molecule has 2 N–H and O–H groups in total. The summed E-state index contributed by atoms with van der Waals surface area (Å²) in [7, 11) is 0. The van der Waals surface area contributed by atoms with Crippen LogP contribution in [0.4, 0.5) is 19.3 Å². The zero-order valence-corrected chi connectivity index (χ0v) is 14.1. The van der Waals surface area contributed by atoms with Gasteiger partial charge in [-0.25, -0.2) is 13.6 Å². The fourth-order valence-electron chi connectivity index (χ4n) is 2.70. The van der Waals surface area contributed by atoms with Gasteiger partial charge in [-0.05, 0) is 25.1 Å². The van der Waals surface area contributed by atoms with Crippen molar-refractivity contribution >= 4 is 11.7 Å². The van der Waals surface area contributed by atoms with E-state index < -0.39 is 31.0 Å². The van der Waals surface area contributed by atoms with Crippen molar-refractivity contribution in [3.05, 3.63) is 66.5 Å². The third-order valence-electron chi connectivity index (χ3n) is 3.92. The second-order valence-electron chi connectivity index (χ2n) is 5.80. The first-order valence-electron chi connectivity index (χ1n) is 8.00. The van der Waals surface area contributed by atoms with Crippen LogP contribution < -0.4 is 10.6 Å². The van der Waals surface area contributed by atoms with Gasteiger partial charge in [-0.15, -0.1) is 0 Å². The van der Waals surface area contributed by atoms with Crippen LogP contribution in [-0.4, -0.2) is 31.0 Å². The molecule has 2 rings (SSSR count). The monoisotopic (exact) mass is 348 g/mol. The number of para-hydroxylation sites is 1. The largest absolute Gasteiger partial charge is 0.481 e. The van der Waals surface area contributed by atoms with E-state index >= 15 is 0 Å². The van der Waals surface area contributed by atoms with Crippen molar-refractivity contribution in [2.24, 2.45) is 0 Å². The fourth-order valence-corrected chi connectivity index (χ4v) is 2.70. The van der Waals surface area contributed by atoms with Gasteiger partial charge in [-0.1, -0.05) is 36.9 Å². The van der Waals surface area contributed by atoms with E-state index in [2.05, 4.69) is 17.2 Å². The number of nitrogens with one attached hydrogen (secondary N) is 2. The smallest absolute Gasteiger partial charge is 0.319 e. The van der Waals surface area contributed by atoms with E-state index in [0.717, 1.165) is 0 Å². The predicted molar refractivity (Wildman–Crippen MR) is 94.8 cm³/mol. The Kier molecular flexibility index (Phi) is 6.33. The first-order chi connectivity index (χ1) is 12.1. The zero-order chi connectivity index (χ0) is 18.3. The van der Waals surface area contributed by atoms with Gasteiger partial charge in [0, 0.05) is 17.7 Å². The lowest BCUT2D eigenvalue weighted by molar-refractivity contribution is -0.0530. The van der Waals surface area contributed by atoms with Gasteiger partial charge in [0.1, 0.15) is 19.1 Å². The molecule has 134 valence electrons. The van der Waals surface area contributed by atoms with E-state index in [-0.39, 0.29) is 12.2 Å². The van der Waals surface area contributed by atoms with E-state index in [1.54, 1.807) is 43.3 Å². The van der Waals surface area contributed by atoms with E-state index in [1.165, 1.54) is 6.08 Å². The molecule has 1 aliphatic heterocycles. The van der Waals surface area contributed by atoms with Gasteiger partial charge in [0.05, 0.1) is 6.04 Å². The molecule has 1 unspecified atom stereocenters. The number of carbonyl (C=O) groups excluding carboxylic acids is 1. The van der Waals surface area contributed by atoms with Crippen molar-refractivity contribution in [1.29, 1.82) is 0 Å². The summed E-state index contributed by atoms with van der Waals surface area (Å²) in [5.41, 5.74) is -0.368. The highest BCUT2D eigenvalue weighted by atomic mass is 19.1. The number of halogens is 2. The lowest BCUT2D eigenvalue weighted by atomic mass is 9.88. The van der Waals surface area contributed by atoms with E-state index in [0.29, 0.717) is 11.3 Å². The van der Waals surface area contributed by atoms with Crippen molar-refractivity contribution in [3.63, 3.8) is 0 Å². The average Bonchev–Trinajstić information content (AvgIpc) is 2.64. The number of hydrogen-bond acceptors (Lipinski definition) is 2. The topological polar surface area (TPSA) is 50.4 Å². The molecular weight excluding hydrogens is 326 g/mol.